The monoisotopic (exact) mass is 394 g/mol. The van der Waals surface area contributed by atoms with Crippen molar-refractivity contribution in [2.45, 2.75) is 32.0 Å². The molecule has 0 aliphatic carbocycles. The Morgan fingerprint density at radius 2 is 2.11 bits per heavy atom. The number of alkyl halides is 3. The van der Waals surface area contributed by atoms with Crippen LogP contribution in [-0.2, 0) is 26.2 Å². The summed E-state index contributed by atoms with van der Waals surface area (Å²) in [4.78, 5) is 8.89. The number of aromatic nitrogens is 2. The van der Waals surface area contributed by atoms with Crippen molar-refractivity contribution < 1.29 is 13.2 Å². The van der Waals surface area contributed by atoms with Gasteiger partial charge in [-0.1, -0.05) is 18.2 Å². The molecule has 1 fully saturated rings. The van der Waals surface area contributed by atoms with E-state index in [0.717, 1.165) is 50.8 Å². The van der Waals surface area contributed by atoms with Crippen LogP contribution in [0.4, 0.5) is 13.2 Å². The minimum Gasteiger partial charge on any atom is -0.337 e. The molecule has 2 heterocycles. The van der Waals surface area contributed by atoms with E-state index in [9.17, 15) is 13.2 Å². The fourth-order valence-corrected chi connectivity index (χ4v) is 4.01. The Morgan fingerprint density at radius 1 is 1.29 bits per heavy atom. The number of benzene rings is 1. The zero-order chi connectivity index (χ0) is 20.1. The molecule has 0 radical (unpaired) electrons. The predicted molar refractivity (Wildman–Crippen MR) is 104 cm³/mol. The van der Waals surface area contributed by atoms with Gasteiger partial charge in [0.2, 0.25) is 0 Å². The van der Waals surface area contributed by atoms with Crippen molar-refractivity contribution in [3.05, 3.63) is 53.6 Å². The molecule has 3 rings (SSSR count). The molecule has 1 aromatic heterocycles. The molecular weight excluding hydrogens is 365 g/mol. The van der Waals surface area contributed by atoms with Crippen LogP contribution in [0.15, 0.2) is 36.8 Å². The third-order valence-corrected chi connectivity index (χ3v) is 5.49. The summed E-state index contributed by atoms with van der Waals surface area (Å²) in [7, 11) is 4.14. The van der Waals surface area contributed by atoms with Crippen LogP contribution >= 0.6 is 0 Å². The Labute approximate surface area is 165 Å². The fraction of sp³-hybridized carbons (Fsp3) is 0.571. The Morgan fingerprint density at radius 3 is 2.82 bits per heavy atom. The molecule has 2 aromatic rings. The summed E-state index contributed by atoms with van der Waals surface area (Å²) in [6.45, 7) is 4.74. The summed E-state index contributed by atoms with van der Waals surface area (Å²) in [5.41, 5.74) is 1.39. The van der Waals surface area contributed by atoms with E-state index in [2.05, 4.69) is 21.8 Å². The number of imidazole rings is 1. The molecule has 7 heteroatoms. The molecule has 4 nitrogen and oxygen atoms in total. The van der Waals surface area contributed by atoms with Gasteiger partial charge in [0.1, 0.15) is 0 Å². The van der Waals surface area contributed by atoms with E-state index in [4.69, 9.17) is 0 Å². The van der Waals surface area contributed by atoms with Crippen molar-refractivity contribution >= 4 is 0 Å². The summed E-state index contributed by atoms with van der Waals surface area (Å²) >= 11 is 0. The lowest BCUT2D eigenvalue weighted by atomic mass is 9.97. The number of hydrogen-bond donors (Lipinski definition) is 0. The third-order valence-electron chi connectivity index (χ3n) is 5.49. The van der Waals surface area contributed by atoms with Crippen LogP contribution in [0.3, 0.4) is 0 Å². The van der Waals surface area contributed by atoms with Gasteiger partial charge in [0.15, 0.2) is 0 Å². The summed E-state index contributed by atoms with van der Waals surface area (Å²) in [5.74, 6) is 0.591. The van der Waals surface area contributed by atoms with Gasteiger partial charge in [0.25, 0.3) is 0 Å². The van der Waals surface area contributed by atoms with E-state index < -0.39 is 11.7 Å². The number of likely N-dealkylation sites (tertiary alicyclic amines) is 1. The first-order valence-corrected chi connectivity index (χ1v) is 9.83. The maximum absolute atomic E-state index is 12.9. The van der Waals surface area contributed by atoms with E-state index >= 15 is 0 Å². The van der Waals surface area contributed by atoms with Crippen molar-refractivity contribution in [1.29, 1.82) is 0 Å². The van der Waals surface area contributed by atoms with Crippen LogP contribution in [0.25, 0.3) is 0 Å². The zero-order valence-corrected chi connectivity index (χ0v) is 16.6. The van der Waals surface area contributed by atoms with Gasteiger partial charge >= 0.3 is 6.18 Å². The first kappa shape index (κ1) is 20.9. The molecule has 1 saturated heterocycles. The van der Waals surface area contributed by atoms with Crippen molar-refractivity contribution in [2.75, 3.05) is 33.2 Å². The fourth-order valence-electron chi connectivity index (χ4n) is 4.01. The van der Waals surface area contributed by atoms with E-state index in [-0.39, 0.29) is 0 Å². The van der Waals surface area contributed by atoms with E-state index in [1.54, 1.807) is 6.07 Å². The lowest BCUT2D eigenvalue weighted by Gasteiger charge is -2.34. The second-order valence-electron chi connectivity index (χ2n) is 7.95. The molecule has 1 atom stereocenters. The van der Waals surface area contributed by atoms with Crippen LogP contribution in [0, 0.1) is 5.92 Å². The molecule has 0 saturated carbocycles. The van der Waals surface area contributed by atoms with Gasteiger partial charge in [-0.15, -0.1) is 0 Å². The van der Waals surface area contributed by atoms with Gasteiger partial charge in [-0.05, 0) is 50.4 Å². The highest BCUT2D eigenvalue weighted by atomic mass is 19.4. The van der Waals surface area contributed by atoms with Gasteiger partial charge in [0.05, 0.1) is 17.6 Å². The summed E-state index contributed by atoms with van der Waals surface area (Å²) in [5, 5.41) is 0. The lowest BCUT2D eigenvalue weighted by Crippen LogP contribution is -2.40. The Balaban J connectivity index is 1.48. The highest BCUT2D eigenvalue weighted by Crippen LogP contribution is 2.29. The van der Waals surface area contributed by atoms with Crippen molar-refractivity contribution in [1.82, 2.24) is 19.4 Å². The Bertz CT molecular complexity index is 756. The standard InChI is InChI=1S/C21H29F3N4/c1-26(15-20-12-25-16-27(20)2)13-18-6-4-9-28(14-18)10-8-17-5-3-7-19(11-17)21(22,23)24/h3,5,7,11-12,16,18H,4,6,8-10,13-15H2,1-2H3/t18-/m1/s1. The van der Waals surface area contributed by atoms with Gasteiger partial charge < -0.3 is 14.4 Å². The van der Waals surface area contributed by atoms with E-state index in [0.29, 0.717) is 12.3 Å². The molecule has 1 aliphatic rings. The first-order chi connectivity index (χ1) is 13.3. The third kappa shape index (κ3) is 5.82. The van der Waals surface area contributed by atoms with Gasteiger partial charge in [-0.2, -0.15) is 13.2 Å². The molecular formula is C21H29F3N4. The molecule has 0 N–H and O–H groups in total. The maximum atomic E-state index is 12.9. The average molecular weight is 394 g/mol. The van der Waals surface area contributed by atoms with Crippen molar-refractivity contribution in [2.24, 2.45) is 13.0 Å². The van der Waals surface area contributed by atoms with E-state index in [1.165, 1.54) is 24.2 Å². The van der Waals surface area contributed by atoms with Gasteiger partial charge in [-0.25, -0.2) is 4.98 Å². The average Bonchev–Trinajstić information content (AvgIpc) is 3.04. The highest BCUT2D eigenvalue weighted by molar-refractivity contribution is 5.25. The van der Waals surface area contributed by atoms with Crippen molar-refractivity contribution in [3.63, 3.8) is 0 Å². The lowest BCUT2D eigenvalue weighted by molar-refractivity contribution is -0.137. The van der Waals surface area contributed by atoms with Gasteiger partial charge in [0, 0.05) is 39.4 Å². The molecule has 0 unspecified atom stereocenters. The van der Waals surface area contributed by atoms with Crippen LogP contribution in [0.1, 0.15) is 29.7 Å². The molecule has 0 bridgehead atoms. The minimum absolute atomic E-state index is 0.557. The Kier molecular flexibility index (Phi) is 6.78. The van der Waals surface area contributed by atoms with Crippen LogP contribution in [0.5, 0.6) is 0 Å². The molecule has 1 aliphatic heterocycles. The summed E-state index contributed by atoms with van der Waals surface area (Å²) in [6.07, 6.45) is 2.45. The zero-order valence-electron chi connectivity index (χ0n) is 16.6. The highest BCUT2D eigenvalue weighted by Gasteiger charge is 2.30. The number of rotatable bonds is 7. The topological polar surface area (TPSA) is 24.3 Å². The van der Waals surface area contributed by atoms with Crippen molar-refractivity contribution in [3.8, 4) is 0 Å². The first-order valence-electron chi connectivity index (χ1n) is 9.83. The second kappa shape index (κ2) is 9.09. The smallest absolute Gasteiger partial charge is 0.337 e. The molecule has 1 aromatic carbocycles. The van der Waals surface area contributed by atoms with Crippen LogP contribution in [0.2, 0.25) is 0 Å². The predicted octanol–water partition coefficient (Wildman–Crippen LogP) is 3.83. The largest absolute Gasteiger partial charge is 0.416 e. The molecule has 28 heavy (non-hydrogen) atoms. The number of aryl methyl sites for hydroxylation is 1. The minimum atomic E-state index is -4.27. The number of nitrogens with zero attached hydrogens (tertiary/aromatic N) is 4. The molecule has 0 amide bonds. The van der Waals surface area contributed by atoms with E-state index in [1.807, 2.05) is 24.1 Å². The maximum Gasteiger partial charge on any atom is 0.416 e. The Hall–Kier alpha value is -1.86. The number of piperidine rings is 1. The van der Waals surface area contributed by atoms with Gasteiger partial charge in [-0.3, -0.25) is 0 Å². The SMILES string of the molecule is CN(Cc1cncn1C)C[C@H]1CCCN(CCc2cccc(C(F)(F)F)c2)C1. The molecule has 0 spiro atoms. The molecule has 154 valence electrons. The quantitative estimate of drug-likeness (QED) is 0.714. The summed E-state index contributed by atoms with van der Waals surface area (Å²) in [6, 6.07) is 5.71. The normalized spacial score (nSPS) is 18.7. The summed E-state index contributed by atoms with van der Waals surface area (Å²) < 4.78 is 40.7. The van der Waals surface area contributed by atoms with Crippen LogP contribution < -0.4 is 0 Å². The number of halogens is 3. The number of hydrogen-bond acceptors (Lipinski definition) is 3. The van der Waals surface area contributed by atoms with Crippen LogP contribution in [-0.4, -0.2) is 52.6 Å². The second-order valence-corrected chi connectivity index (χ2v) is 7.95.